The van der Waals surface area contributed by atoms with E-state index in [1.54, 1.807) is 11.7 Å². The number of nitrogens with zero attached hydrogens (tertiary/aromatic N) is 2. The second-order valence-electron chi connectivity index (χ2n) is 8.06. The number of hydrogen-bond acceptors (Lipinski definition) is 6. The lowest BCUT2D eigenvalue weighted by molar-refractivity contribution is -0.113. The van der Waals surface area contributed by atoms with Gasteiger partial charge in [0.1, 0.15) is 16.8 Å². The van der Waals surface area contributed by atoms with E-state index in [0.717, 1.165) is 28.0 Å². The Balaban J connectivity index is 1.51. The number of nitrogens with one attached hydrogen (secondary N) is 1. The number of carbonyl (C=O) groups is 1. The molecule has 0 aliphatic heterocycles. The third-order valence-corrected chi connectivity index (χ3v) is 6.67. The maximum Gasteiger partial charge on any atom is 0.298 e. The summed E-state index contributed by atoms with van der Waals surface area (Å²) < 4.78 is 12.7. The molecule has 0 spiro atoms. The smallest absolute Gasteiger partial charge is 0.298 e. The first-order valence-electron chi connectivity index (χ1n) is 11.1. The zero-order valence-corrected chi connectivity index (χ0v) is 20.1. The lowest BCUT2D eigenvalue weighted by Crippen LogP contribution is -2.24. The zero-order valence-electron chi connectivity index (χ0n) is 19.3. The van der Waals surface area contributed by atoms with Gasteiger partial charge >= 0.3 is 0 Å². The number of aromatic nitrogens is 2. The molecule has 0 atom stereocenters. The molecule has 0 bridgehead atoms. The monoisotopic (exact) mass is 485 g/mol. The maximum atomic E-state index is 13.5. The number of carbonyl (C=O) groups excluding carboxylic acids is 1. The molecule has 1 amide bonds. The molecule has 1 N–H and O–H groups in total. The van der Waals surface area contributed by atoms with Crippen molar-refractivity contribution in [3.63, 3.8) is 0 Å². The first-order chi connectivity index (χ1) is 17.0. The minimum atomic E-state index is -0.288. The van der Waals surface area contributed by atoms with Crippen LogP contribution >= 0.6 is 11.8 Å². The van der Waals surface area contributed by atoms with Crippen molar-refractivity contribution in [1.29, 1.82) is 0 Å². The highest BCUT2D eigenvalue weighted by Crippen LogP contribution is 2.28. The Morgan fingerprint density at radius 2 is 1.80 bits per heavy atom. The number of ether oxygens (including phenoxy) is 1. The summed E-state index contributed by atoms with van der Waals surface area (Å²) in [7, 11) is 1.61. The Morgan fingerprint density at radius 1 is 1.06 bits per heavy atom. The minimum Gasteiger partial charge on any atom is -0.497 e. The fourth-order valence-electron chi connectivity index (χ4n) is 3.85. The Labute approximate surface area is 205 Å². The average Bonchev–Trinajstić information content (AvgIpc) is 3.25. The molecule has 3 aromatic carbocycles. The van der Waals surface area contributed by atoms with E-state index in [1.165, 1.54) is 11.8 Å². The van der Waals surface area contributed by atoms with Crippen LogP contribution in [0.25, 0.3) is 22.1 Å². The molecule has 0 aliphatic carbocycles. The van der Waals surface area contributed by atoms with Gasteiger partial charge in [-0.1, -0.05) is 54.2 Å². The summed E-state index contributed by atoms with van der Waals surface area (Å²) in [6.45, 7) is 2.22. The lowest BCUT2D eigenvalue weighted by Gasteiger charge is -2.13. The summed E-state index contributed by atoms with van der Waals surface area (Å²) in [6.07, 6.45) is 0. The molecule has 0 saturated carbocycles. The zero-order chi connectivity index (χ0) is 24.4. The Morgan fingerprint density at radius 3 is 2.57 bits per heavy atom. The SMILES string of the molecule is COc1ccc(Cn2c(SCC(=O)Nc3ccccc3C)nc3c(oc4ccccc43)c2=O)cc1. The molecule has 176 valence electrons. The quantitative estimate of drug-likeness (QED) is 0.251. The van der Waals surface area contributed by atoms with Gasteiger partial charge in [-0.05, 0) is 48.4 Å². The van der Waals surface area contributed by atoms with Gasteiger partial charge < -0.3 is 14.5 Å². The highest BCUT2D eigenvalue weighted by molar-refractivity contribution is 7.99. The van der Waals surface area contributed by atoms with Crippen LogP contribution in [0.5, 0.6) is 5.75 Å². The average molecular weight is 486 g/mol. The molecular weight excluding hydrogens is 462 g/mol. The molecular formula is C27H23N3O4S. The second-order valence-corrected chi connectivity index (χ2v) is 9.00. The van der Waals surface area contributed by atoms with Crippen molar-refractivity contribution in [3.05, 3.63) is 94.3 Å². The maximum absolute atomic E-state index is 13.5. The molecule has 0 fully saturated rings. The van der Waals surface area contributed by atoms with Crippen molar-refractivity contribution in [2.24, 2.45) is 0 Å². The predicted molar refractivity (Wildman–Crippen MR) is 138 cm³/mol. The van der Waals surface area contributed by atoms with Crippen LogP contribution in [0.4, 0.5) is 5.69 Å². The van der Waals surface area contributed by atoms with Gasteiger partial charge in [-0.3, -0.25) is 14.2 Å². The van der Waals surface area contributed by atoms with Gasteiger partial charge in [0.2, 0.25) is 11.5 Å². The van der Waals surface area contributed by atoms with Crippen molar-refractivity contribution >= 4 is 45.4 Å². The normalized spacial score (nSPS) is 11.1. The van der Waals surface area contributed by atoms with Gasteiger partial charge in [0.05, 0.1) is 19.4 Å². The molecule has 8 heteroatoms. The van der Waals surface area contributed by atoms with Crippen LogP contribution in [-0.4, -0.2) is 28.3 Å². The largest absolute Gasteiger partial charge is 0.497 e. The fraction of sp³-hybridized carbons (Fsp3) is 0.148. The highest BCUT2D eigenvalue weighted by atomic mass is 32.2. The number of amides is 1. The third kappa shape index (κ3) is 4.65. The van der Waals surface area contributed by atoms with E-state index in [1.807, 2.05) is 79.7 Å². The van der Waals surface area contributed by atoms with Crippen LogP contribution in [-0.2, 0) is 11.3 Å². The van der Waals surface area contributed by atoms with Gasteiger partial charge in [-0.15, -0.1) is 0 Å². The summed E-state index contributed by atoms with van der Waals surface area (Å²) in [4.78, 5) is 31.0. The summed E-state index contributed by atoms with van der Waals surface area (Å²) >= 11 is 1.22. The van der Waals surface area contributed by atoms with E-state index in [4.69, 9.17) is 14.1 Å². The van der Waals surface area contributed by atoms with Crippen molar-refractivity contribution in [1.82, 2.24) is 9.55 Å². The van der Waals surface area contributed by atoms with Crippen LogP contribution in [0, 0.1) is 6.92 Å². The number of furan rings is 1. The van der Waals surface area contributed by atoms with Crippen LogP contribution in [0.3, 0.4) is 0 Å². The number of methoxy groups -OCH3 is 1. The Kier molecular flexibility index (Phi) is 6.29. The molecule has 2 heterocycles. The third-order valence-electron chi connectivity index (χ3n) is 5.70. The van der Waals surface area contributed by atoms with E-state index < -0.39 is 0 Å². The van der Waals surface area contributed by atoms with Gasteiger partial charge in [-0.2, -0.15) is 0 Å². The molecule has 7 nitrogen and oxygen atoms in total. The molecule has 0 radical (unpaired) electrons. The number of rotatable bonds is 7. The summed E-state index contributed by atoms with van der Waals surface area (Å²) in [5.74, 6) is 0.658. The Hall–Kier alpha value is -4.04. The minimum absolute atomic E-state index is 0.102. The Bertz CT molecular complexity index is 1590. The number of anilines is 1. The van der Waals surface area contributed by atoms with E-state index in [9.17, 15) is 9.59 Å². The number of fused-ring (bicyclic) bond motifs is 3. The van der Waals surface area contributed by atoms with Crippen LogP contribution in [0.2, 0.25) is 0 Å². The van der Waals surface area contributed by atoms with Gasteiger partial charge in [0.15, 0.2) is 5.16 Å². The topological polar surface area (TPSA) is 86.4 Å². The van der Waals surface area contributed by atoms with Crippen LogP contribution < -0.4 is 15.6 Å². The van der Waals surface area contributed by atoms with E-state index in [0.29, 0.717) is 16.3 Å². The molecule has 2 aromatic heterocycles. The lowest BCUT2D eigenvalue weighted by atomic mass is 10.2. The van der Waals surface area contributed by atoms with Gasteiger partial charge in [0.25, 0.3) is 5.56 Å². The van der Waals surface area contributed by atoms with Crippen molar-refractivity contribution in [2.45, 2.75) is 18.6 Å². The van der Waals surface area contributed by atoms with E-state index in [2.05, 4.69) is 5.32 Å². The standard InChI is InChI=1S/C27H23N3O4S/c1-17-7-3-5-9-21(17)28-23(31)16-35-27-29-24-20-8-4-6-10-22(20)34-25(24)26(32)30(27)15-18-11-13-19(33-2)14-12-18/h3-14H,15-16H2,1-2H3,(H,28,31). The predicted octanol–water partition coefficient (Wildman–Crippen LogP) is 5.24. The van der Waals surface area contributed by atoms with E-state index in [-0.39, 0.29) is 29.3 Å². The van der Waals surface area contributed by atoms with Crippen LogP contribution in [0.1, 0.15) is 11.1 Å². The number of aryl methyl sites for hydroxylation is 1. The molecule has 0 unspecified atom stereocenters. The van der Waals surface area contributed by atoms with Crippen molar-refractivity contribution < 1.29 is 13.9 Å². The number of thioether (sulfide) groups is 1. The molecule has 0 aliphatic rings. The number of benzene rings is 3. The molecule has 5 rings (SSSR count). The first kappa shape index (κ1) is 22.7. The highest BCUT2D eigenvalue weighted by Gasteiger charge is 2.19. The van der Waals surface area contributed by atoms with Gasteiger partial charge in [0, 0.05) is 11.1 Å². The summed E-state index contributed by atoms with van der Waals surface area (Å²) in [5.41, 5.74) is 3.65. The molecule has 5 aromatic rings. The van der Waals surface area contributed by atoms with Crippen molar-refractivity contribution in [2.75, 3.05) is 18.2 Å². The first-order valence-corrected chi connectivity index (χ1v) is 12.1. The van der Waals surface area contributed by atoms with Gasteiger partial charge in [-0.25, -0.2) is 4.98 Å². The second kappa shape index (κ2) is 9.68. The summed E-state index contributed by atoms with van der Waals surface area (Å²) in [6, 6.07) is 22.5. The number of para-hydroxylation sites is 2. The van der Waals surface area contributed by atoms with Crippen molar-refractivity contribution in [3.8, 4) is 5.75 Å². The van der Waals surface area contributed by atoms with E-state index >= 15 is 0 Å². The summed E-state index contributed by atoms with van der Waals surface area (Å²) in [5, 5.41) is 4.15. The number of hydrogen-bond donors (Lipinski definition) is 1. The molecule has 35 heavy (non-hydrogen) atoms. The molecule has 0 saturated heterocycles. The fourth-order valence-corrected chi connectivity index (χ4v) is 4.64. The van der Waals surface area contributed by atoms with Crippen LogP contribution in [0.15, 0.2) is 87.2 Å².